The number of benzene rings is 1. The molecule has 1 aromatic carbocycles. The lowest BCUT2D eigenvalue weighted by molar-refractivity contribution is -0.127. The van der Waals surface area contributed by atoms with E-state index in [9.17, 15) is 18.8 Å². The second-order valence-corrected chi connectivity index (χ2v) is 5.52. The van der Waals surface area contributed by atoms with Gasteiger partial charge in [0.25, 0.3) is 0 Å². The van der Waals surface area contributed by atoms with Crippen LogP contribution >= 0.6 is 11.6 Å². The molecule has 0 bridgehead atoms. The summed E-state index contributed by atoms with van der Waals surface area (Å²) in [7, 11) is 0. The molecular formula is C15H14ClF2NO. The van der Waals surface area contributed by atoms with Crippen LogP contribution in [0.25, 0.3) is 0 Å². The van der Waals surface area contributed by atoms with Crippen LogP contribution in [0.5, 0.6) is 0 Å². The third-order valence-corrected chi connectivity index (χ3v) is 4.09. The molecule has 1 aliphatic rings. The van der Waals surface area contributed by atoms with Gasteiger partial charge in [0.05, 0.1) is 6.07 Å². The van der Waals surface area contributed by atoms with Crippen molar-refractivity contribution in [2.24, 2.45) is 5.92 Å². The van der Waals surface area contributed by atoms with Gasteiger partial charge < -0.3 is 0 Å². The molecule has 0 N–H and O–H groups in total. The van der Waals surface area contributed by atoms with Crippen molar-refractivity contribution >= 4 is 17.4 Å². The number of ketones is 1. The molecule has 0 saturated heterocycles. The van der Waals surface area contributed by atoms with E-state index in [1.807, 2.05) is 6.07 Å². The Morgan fingerprint density at radius 3 is 2.50 bits per heavy atom. The number of rotatable bonds is 3. The molecule has 0 radical (unpaired) electrons. The van der Waals surface area contributed by atoms with Crippen LogP contribution in [0.1, 0.15) is 37.2 Å². The first kappa shape index (κ1) is 14.9. The van der Waals surface area contributed by atoms with Crippen molar-refractivity contribution in [3.63, 3.8) is 0 Å². The van der Waals surface area contributed by atoms with Crippen LogP contribution in [0.4, 0.5) is 8.78 Å². The summed E-state index contributed by atoms with van der Waals surface area (Å²) in [6.07, 6.45) is -0.308. The van der Waals surface area contributed by atoms with Crippen molar-refractivity contribution in [3.05, 3.63) is 34.9 Å². The fraction of sp³-hybridized carbons (Fsp3) is 0.467. The minimum absolute atomic E-state index is 0.133. The second-order valence-electron chi connectivity index (χ2n) is 5.12. The van der Waals surface area contributed by atoms with E-state index in [4.69, 9.17) is 11.6 Å². The van der Waals surface area contributed by atoms with Crippen LogP contribution in [-0.4, -0.2) is 11.7 Å². The molecule has 1 unspecified atom stereocenters. The number of hydrogen-bond acceptors (Lipinski definition) is 2. The first-order valence-corrected chi connectivity index (χ1v) is 6.88. The van der Waals surface area contributed by atoms with E-state index in [2.05, 4.69) is 0 Å². The van der Waals surface area contributed by atoms with Gasteiger partial charge in [-0.1, -0.05) is 29.8 Å². The first-order chi connectivity index (χ1) is 9.44. The largest absolute Gasteiger partial charge is 0.298 e. The van der Waals surface area contributed by atoms with Crippen molar-refractivity contribution in [2.45, 2.75) is 37.5 Å². The molecule has 0 amide bonds. The molecule has 106 valence electrons. The highest BCUT2D eigenvalue weighted by Gasteiger charge is 2.39. The van der Waals surface area contributed by atoms with Gasteiger partial charge in [0, 0.05) is 23.8 Å². The minimum Gasteiger partial charge on any atom is -0.298 e. The SMILES string of the molecule is N#CC(C(=O)C1CCC(F)(F)CC1)c1ccccc1Cl. The van der Waals surface area contributed by atoms with Gasteiger partial charge in [-0.3, -0.25) is 4.79 Å². The van der Waals surface area contributed by atoms with Crippen molar-refractivity contribution in [2.75, 3.05) is 0 Å². The highest BCUT2D eigenvalue weighted by atomic mass is 35.5. The predicted octanol–water partition coefficient (Wildman–Crippen LogP) is 4.34. The molecule has 2 nitrogen and oxygen atoms in total. The summed E-state index contributed by atoms with van der Waals surface area (Å²) in [6, 6.07) is 8.62. The Bertz CT molecular complexity index is 543. The quantitative estimate of drug-likeness (QED) is 0.832. The maximum absolute atomic E-state index is 13.1. The molecular weight excluding hydrogens is 284 g/mol. The zero-order chi connectivity index (χ0) is 14.8. The van der Waals surface area contributed by atoms with Crippen molar-refractivity contribution in [1.82, 2.24) is 0 Å². The number of Topliss-reactive ketones (excluding diaryl/α,β-unsaturated/α-hetero) is 1. The molecule has 1 saturated carbocycles. The minimum atomic E-state index is -2.68. The van der Waals surface area contributed by atoms with Crippen LogP contribution in [0.3, 0.4) is 0 Å². The lowest BCUT2D eigenvalue weighted by atomic mass is 9.79. The number of halogens is 3. The lowest BCUT2D eigenvalue weighted by Crippen LogP contribution is -2.31. The van der Waals surface area contributed by atoms with Gasteiger partial charge in [-0.2, -0.15) is 5.26 Å². The maximum Gasteiger partial charge on any atom is 0.248 e. The average molecular weight is 298 g/mol. The van der Waals surface area contributed by atoms with Gasteiger partial charge in [0.1, 0.15) is 5.92 Å². The van der Waals surface area contributed by atoms with Gasteiger partial charge in [-0.15, -0.1) is 0 Å². The van der Waals surface area contributed by atoms with Crippen LogP contribution in [-0.2, 0) is 4.79 Å². The molecule has 1 aromatic rings. The Hall–Kier alpha value is -1.47. The summed E-state index contributed by atoms with van der Waals surface area (Å²) in [5.41, 5.74) is 0.457. The second kappa shape index (κ2) is 5.88. The Labute approximate surface area is 121 Å². The Morgan fingerprint density at radius 2 is 1.95 bits per heavy atom. The number of carbonyl (C=O) groups excluding carboxylic acids is 1. The van der Waals surface area contributed by atoms with E-state index in [1.54, 1.807) is 24.3 Å². The maximum atomic E-state index is 13.1. The Kier molecular flexibility index (Phi) is 4.39. The molecule has 1 aliphatic carbocycles. The summed E-state index contributed by atoms with van der Waals surface area (Å²) >= 11 is 6.00. The lowest BCUT2D eigenvalue weighted by Gasteiger charge is -2.28. The fourth-order valence-corrected chi connectivity index (χ4v) is 2.80. The van der Waals surface area contributed by atoms with Crippen LogP contribution in [0.2, 0.25) is 5.02 Å². The molecule has 0 heterocycles. The normalized spacial score (nSPS) is 20.1. The fourth-order valence-electron chi connectivity index (χ4n) is 2.56. The zero-order valence-corrected chi connectivity index (χ0v) is 11.5. The van der Waals surface area contributed by atoms with Gasteiger partial charge in [0.15, 0.2) is 5.78 Å². The molecule has 20 heavy (non-hydrogen) atoms. The smallest absolute Gasteiger partial charge is 0.248 e. The van der Waals surface area contributed by atoms with E-state index in [1.165, 1.54) is 0 Å². The third-order valence-electron chi connectivity index (χ3n) is 3.75. The summed E-state index contributed by atoms with van der Waals surface area (Å²) in [4.78, 5) is 12.4. The topological polar surface area (TPSA) is 40.9 Å². The molecule has 1 fully saturated rings. The standard InChI is InChI=1S/C15H14ClF2NO/c16-13-4-2-1-3-11(13)12(9-19)14(20)10-5-7-15(17,18)8-6-10/h1-4,10,12H,5-8H2. The number of nitriles is 1. The average Bonchev–Trinajstić information content (AvgIpc) is 2.41. The van der Waals surface area contributed by atoms with Crippen LogP contribution in [0, 0.1) is 17.2 Å². The van der Waals surface area contributed by atoms with E-state index in [0.29, 0.717) is 10.6 Å². The van der Waals surface area contributed by atoms with Crippen molar-refractivity contribution in [1.29, 1.82) is 5.26 Å². The van der Waals surface area contributed by atoms with Crippen molar-refractivity contribution < 1.29 is 13.6 Å². The zero-order valence-electron chi connectivity index (χ0n) is 10.8. The molecule has 2 rings (SSSR count). The molecule has 0 spiro atoms. The predicted molar refractivity (Wildman–Crippen MR) is 71.7 cm³/mol. The van der Waals surface area contributed by atoms with Gasteiger partial charge in [0.2, 0.25) is 5.92 Å². The number of hydrogen-bond donors (Lipinski definition) is 0. The summed E-state index contributed by atoms with van der Waals surface area (Å²) in [5, 5.41) is 9.59. The van der Waals surface area contributed by atoms with Crippen LogP contribution < -0.4 is 0 Å². The summed E-state index contributed by atoms with van der Waals surface area (Å²) in [5.74, 6) is -4.42. The van der Waals surface area contributed by atoms with Crippen LogP contribution in [0.15, 0.2) is 24.3 Å². The first-order valence-electron chi connectivity index (χ1n) is 6.50. The monoisotopic (exact) mass is 297 g/mol. The number of alkyl halides is 2. The highest BCUT2D eigenvalue weighted by Crippen LogP contribution is 2.39. The highest BCUT2D eigenvalue weighted by molar-refractivity contribution is 6.31. The number of nitrogens with zero attached hydrogens (tertiary/aromatic N) is 1. The van der Waals surface area contributed by atoms with Gasteiger partial charge in [-0.25, -0.2) is 8.78 Å². The third kappa shape index (κ3) is 3.16. The molecule has 1 atom stereocenters. The van der Waals surface area contributed by atoms with E-state index < -0.39 is 17.8 Å². The molecule has 0 aliphatic heterocycles. The van der Waals surface area contributed by atoms with Gasteiger partial charge >= 0.3 is 0 Å². The summed E-state index contributed by atoms with van der Waals surface area (Å²) < 4.78 is 26.2. The van der Waals surface area contributed by atoms with E-state index >= 15 is 0 Å². The molecule has 5 heteroatoms. The Morgan fingerprint density at radius 1 is 1.35 bits per heavy atom. The van der Waals surface area contributed by atoms with E-state index in [0.717, 1.165) is 0 Å². The number of carbonyl (C=O) groups is 1. The van der Waals surface area contributed by atoms with Crippen molar-refractivity contribution in [3.8, 4) is 6.07 Å². The molecule has 0 aromatic heterocycles. The summed E-state index contributed by atoms with van der Waals surface area (Å²) in [6.45, 7) is 0. The Balaban J connectivity index is 2.16. The van der Waals surface area contributed by atoms with Gasteiger partial charge in [-0.05, 0) is 24.5 Å². The van der Waals surface area contributed by atoms with E-state index in [-0.39, 0.29) is 31.5 Å².